The molecule has 0 radical (unpaired) electrons. The highest BCUT2D eigenvalue weighted by Gasteiger charge is 2.07. The van der Waals surface area contributed by atoms with Crippen molar-refractivity contribution in [2.24, 2.45) is 0 Å². The molecule has 0 saturated heterocycles. The van der Waals surface area contributed by atoms with Crippen molar-refractivity contribution in [1.82, 2.24) is 4.98 Å². The normalized spacial score (nSPS) is 10.3. The summed E-state index contributed by atoms with van der Waals surface area (Å²) in [6, 6.07) is 18.4. The number of ether oxygens (including phenoxy) is 1. The maximum absolute atomic E-state index is 12.3. The number of amides is 1. The highest BCUT2D eigenvalue weighted by atomic mass is 35.5. The Bertz CT molecular complexity index is 879. The van der Waals surface area contributed by atoms with Crippen LogP contribution >= 0.6 is 11.6 Å². The van der Waals surface area contributed by atoms with Gasteiger partial charge >= 0.3 is 0 Å². The van der Waals surface area contributed by atoms with Crippen LogP contribution in [0, 0.1) is 0 Å². The van der Waals surface area contributed by atoms with E-state index >= 15 is 0 Å². The first kappa shape index (κ1) is 18.7. The molecule has 0 unspecified atom stereocenters. The lowest BCUT2D eigenvalue weighted by Gasteiger charge is -2.08. The minimum atomic E-state index is -0.212. The van der Waals surface area contributed by atoms with Crippen LogP contribution < -0.4 is 15.4 Å². The van der Waals surface area contributed by atoms with Crippen LogP contribution in [0.3, 0.4) is 0 Å². The summed E-state index contributed by atoms with van der Waals surface area (Å²) in [7, 11) is 0. The fourth-order valence-electron chi connectivity index (χ4n) is 2.43. The van der Waals surface area contributed by atoms with Gasteiger partial charge in [-0.05, 0) is 61.0 Å². The van der Waals surface area contributed by atoms with E-state index in [-0.39, 0.29) is 5.91 Å². The summed E-state index contributed by atoms with van der Waals surface area (Å²) in [6.07, 6.45) is 1.55. The van der Waals surface area contributed by atoms with Gasteiger partial charge in [-0.1, -0.05) is 23.7 Å². The Kier molecular flexibility index (Phi) is 6.28. The molecule has 3 aromatic rings. The van der Waals surface area contributed by atoms with Gasteiger partial charge in [-0.25, -0.2) is 4.98 Å². The average Bonchev–Trinajstić information content (AvgIpc) is 2.70. The van der Waals surface area contributed by atoms with Gasteiger partial charge in [0.2, 0.25) is 0 Å². The van der Waals surface area contributed by atoms with Gasteiger partial charge < -0.3 is 15.4 Å². The van der Waals surface area contributed by atoms with Crippen molar-refractivity contribution >= 4 is 29.0 Å². The number of nitrogens with zero attached hydrogens (tertiary/aromatic N) is 1. The van der Waals surface area contributed by atoms with Crippen LogP contribution in [0.1, 0.15) is 22.8 Å². The van der Waals surface area contributed by atoms with E-state index in [1.165, 1.54) is 0 Å². The van der Waals surface area contributed by atoms with Crippen LogP contribution in [0.15, 0.2) is 66.9 Å². The molecule has 138 valence electrons. The van der Waals surface area contributed by atoms with Crippen LogP contribution in [0.25, 0.3) is 0 Å². The van der Waals surface area contributed by atoms with Crippen molar-refractivity contribution in [3.05, 3.63) is 83.0 Å². The Balaban J connectivity index is 1.55. The molecule has 0 aliphatic carbocycles. The van der Waals surface area contributed by atoms with Crippen molar-refractivity contribution < 1.29 is 9.53 Å². The van der Waals surface area contributed by atoms with E-state index in [1.54, 1.807) is 30.5 Å². The maximum Gasteiger partial charge on any atom is 0.257 e. The number of hydrogen-bond acceptors (Lipinski definition) is 4. The number of anilines is 2. The van der Waals surface area contributed by atoms with E-state index in [9.17, 15) is 4.79 Å². The highest BCUT2D eigenvalue weighted by molar-refractivity contribution is 6.30. The molecule has 2 aromatic carbocycles. The number of hydrogen-bond donors (Lipinski definition) is 2. The van der Waals surface area contributed by atoms with E-state index in [1.807, 2.05) is 43.3 Å². The van der Waals surface area contributed by atoms with Crippen molar-refractivity contribution in [3.63, 3.8) is 0 Å². The van der Waals surface area contributed by atoms with Gasteiger partial charge in [0.1, 0.15) is 11.6 Å². The molecule has 0 fully saturated rings. The Morgan fingerprint density at radius 3 is 2.41 bits per heavy atom. The lowest BCUT2D eigenvalue weighted by molar-refractivity contribution is 0.102. The molecule has 0 aliphatic rings. The second kappa shape index (κ2) is 9.05. The van der Waals surface area contributed by atoms with Crippen LogP contribution in [0.2, 0.25) is 5.02 Å². The zero-order chi connectivity index (χ0) is 19.1. The third kappa shape index (κ3) is 5.46. The Hall–Kier alpha value is -3.05. The summed E-state index contributed by atoms with van der Waals surface area (Å²) in [5, 5.41) is 6.77. The van der Waals surface area contributed by atoms with Crippen molar-refractivity contribution in [2.45, 2.75) is 13.5 Å². The average molecular weight is 382 g/mol. The summed E-state index contributed by atoms with van der Waals surface area (Å²) in [4.78, 5) is 16.6. The number of rotatable bonds is 7. The first-order valence-corrected chi connectivity index (χ1v) is 9.00. The summed E-state index contributed by atoms with van der Waals surface area (Å²) in [5.41, 5.74) is 2.29. The van der Waals surface area contributed by atoms with Gasteiger partial charge in [0, 0.05) is 23.5 Å². The first-order chi connectivity index (χ1) is 13.1. The molecule has 1 amide bonds. The minimum Gasteiger partial charge on any atom is -0.494 e. The SMILES string of the molecule is CCOc1ccc(NC(=O)c2ccc(NCc3ccc(Cl)cc3)nc2)cc1. The molecule has 0 atom stereocenters. The molecule has 27 heavy (non-hydrogen) atoms. The van der Waals surface area contributed by atoms with Crippen LogP contribution in [0.5, 0.6) is 5.75 Å². The van der Waals surface area contributed by atoms with Crippen LogP contribution in [0.4, 0.5) is 11.5 Å². The van der Waals surface area contributed by atoms with E-state index in [0.29, 0.717) is 35.2 Å². The molecule has 1 heterocycles. The van der Waals surface area contributed by atoms with E-state index < -0.39 is 0 Å². The Labute approximate surface area is 163 Å². The summed E-state index contributed by atoms with van der Waals surface area (Å²) >= 11 is 5.88. The predicted octanol–water partition coefficient (Wildman–Crippen LogP) is 5.00. The summed E-state index contributed by atoms with van der Waals surface area (Å²) in [6.45, 7) is 3.16. The first-order valence-electron chi connectivity index (χ1n) is 8.62. The largest absolute Gasteiger partial charge is 0.494 e. The molecule has 0 bridgehead atoms. The topological polar surface area (TPSA) is 63.2 Å². The third-order valence-electron chi connectivity index (χ3n) is 3.84. The molecule has 1 aromatic heterocycles. The molecule has 5 nitrogen and oxygen atoms in total. The van der Waals surface area contributed by atoms with Gasteiger partial charge in [0.15, 0.2) is 0 Å². The minimum absolute atomic E-state index is 0.212. The molecular weight excluding hydrogens is 362 g/mol. The van der Waals surface area contributed by atoms with Crippen molar-refractivity contribution in [1.29, 1.82) is 0 Å². The van der Waals surface area contributed by atoms with Gasteiger partial charge in [-0.15, -0.1) is 0 Å². The third-order valence-corrected chi connectivity index (χ3v) is 4.09. The van der Waals surface area contributed by atoms with Gasteiger partial charge in [0.25, 0.3) is 5.91 Å². The zero-order valence-electron chi connectivity index (χ0n) is 14.9. The fraction of sp³-hybridized carbons (Fsp3) is 0.143. The number of pyridine rings is 1. The van der Waals surface area contributed by atoms with Gasteiger partial charge in [-0.3, -0.25) is 4.79 Å². The Morgan fingerprint density at radius 1 is 1.04 bits per heavy atom. The molecule has 6 heteroatoms. The van der Waals surface area contributed by atoms with Crippen molar-refractivity contribution in [3.8, 4) is 5.75 Å². The zero-order valence-corrected chi connectivity index (χ0v) is 15.7. The van der Waals surface area contributed by atoms with Gasteiger partial charge in [0.05, 0.1) is 12.2 Å². The van der Waals surface area contributed by atoms with Crippen molar-refractivity contribution in [2.75, 3.05) is 17.2 Å². The number of aromatic nitrogens is 1. The second-order valence-corrected chi connectivity index (χ2v) is 6.26. The lowest BCUT2D eigenvalue weighted by atomic mass is 10.2. The summed E-state index contributed by atoms with van der Waals surface area (Å²) < 4.78 is 5.39. The fourth-order valence-corrected chi connectivity index (χ4v) is 2.56. The molecule has 0 aliphatic heterocycles. The molecule has 0 saturated carbocycles. The highest BCUT2D eigenvalue weighted by Crippen LogP contribution is 2.17. The van der Waals surface area contributed by atoms with E-state index in [4.69, 9.17) is 16.3 Å². The quantitative estimate of drug-likeness (QED) is 0.604. The van der Waals surface area contributed by atoms with Gasteiger partial charge in [-0.2, -0.15) is 0 Å². The molecular formula is C21H20ClN3O2. The maximum atomic E-state index is 12.3. The number of halogens is 1. The number of benzene rings is 2. The lowest BCUT2D eigenvalue weighted by Crippen LogP contribution is -2.12. The predicted molar refractivity (Wildman–Crippen MR) is 109 cm³/mol. The summed E-state index contributed by atoms with van der Waals surface area (Å²) in [5.74, 6) is 1.26. The smallest absolute Gasteiger partial charge is 0.257 e. The van der Waals surface area contributed by atoms with Crippen LogP contribution in [-0.4, -0.2) is 17.5 Å². The number of carbonyl (C=O) groups excluding carboxylic acids is 1. The monoisotopic (exact) mass is 381 g/mol. The number of nitrogens with one attached hydrogen (secondary N) is 2. The second-order valence-electron chi connectivity index (χ2n) is 5.82. The Morgan fingerprint density at radius 2 is 1.78 bits per heavy atom. The van der Waals surface area contributed by atoms with E-state index in [0.717, 1.165) is 11.3 Å². The van der Waals surface area contributed by atoms with E-state index in [2.05, 4.69) is 15.6 Å². The van der Waals surface area contributed by atoms with Crippen LogP contribution in [-0.2, 0) is 6.54 Å². The standard InChI is InChI=1S/C21H20ClN3O2/c1-2-27-19-10-8-18(9-11-19)25-21(26)16-5-12-20(24-14-16)23-13-15-3-6-17(22)7-4-15/h3-12,14H,2,13H2,1H3,(H,23,24)(H,25,26). The molecule has 3 rings (SSSR count). The molecule has 2 N–H and O–H groups in total. The molecule has 0 spiro atoms. The number of carbonyl (C=O) groups is 1.